The average molecular weight is 441 g/mol. The number of carboxylic acid groups (broad SMARTS) is 1. The third-order valence-corrected chi connectivity index (χ3v) is 7.26. The highest BCUT2D eigenvalue weighted by Gasteiger charge is 2.34. The maximum Gasteiger partial charge on any atom is 0.321 e. The van der Waals surface area contributed by atoms with Gasteiger partial charge in [-0.1, -0.05) is 0 Å². The van der Waals surface area contributed by atoms with Gasteiger partial charge in [-0.3, -0.25) is 10.2 Å². The first-order chi connectivity index (χ1) is 13.8. The van der Waals surface area contributed by atoms with Crippen LogP contribution in [0.3, 0.4) is 0 Å². The molecule has 30 heavy (non-hydrogen) atoms. The first kappa shape index (κ1) is 23.9. The first-order valence-electron chi connectivity index (χ1n) is 9.91. The molecule has 1 heterocycles. The molecular formula is C20H32N4O5S. The van der Waals surface area contributed by atoms with E-state index in [9.17, 15) is 18.3 Å². The van der Waals surface area contributed by atoms with Crippen LogP contribution in [-0.2, 0) is 21.2 Å². The average Bonchev–Trinajstić information content (AvgIpc) is 2.61. The third-order valence-electron chi connectivity index (χ3n) is 5.52. The van der Waals surface area contributed by atoms with E-state index >= 15 is 0 Å². The first-order valence-corrected chi connectivity index (χ1v) is 11.4. The Kier molecular flexibility index (Phi) is 7.03. The van der Waals surface area contributed by atoms with Gasteiger partial charge in [0.05, 0.1) is 4.90 Å². The SMILES string of the molecule is Cc1c(C)c(S(=O)(=O)NC(CCCNC(=N)N)C(=O)O)c(C)c2c1OC(C)(C)CC2. The van der Waals surface area contributed by atoms with E-state index in [4.69, 9.17) is 15.9 Å². The Morgan fingerprint density at radius 3 is 2.47 bits per heavy atom. The van der Waals surface area contributed by atoms with Crippen molar-refractivity contribution >= 4 is 22.0 Å². The number of hydrogen-bond acceptors (Lipinski definition) is 5. The van der Waals surface area contributed by atoms with Crippen LogP contribution in [0.1, 0.15) is 55.4 Å². The van der Waals surface area contributed by atoms with E-state index < -0.39 is 22.0 Å². The molecular weight excluding hydrogens is 408 g/mol. The van der Waals surface area contributed by atoms with E-state index in [2.05, 4.69) is 10.0 Å². The number of fused-ring (bicyclic) bond motifs is 1. The minimum absolute atomic E-state index is 0.0637. The van der Waals surface area contributed by atoms with Crippen molar-refractivity contribution in [2.24, 2.45) is 5.73 Å². The summed E-state index contributed by atoms with van der Waals surface area (Å²) in [6.45, 7) is 9.58. The zero-order valence-corrected chi connectivity index (χ0v) is 19.0. The second-order valence-electron chi connectivity index (χ2n) is 8.37. The highest BCUT2D eigenvalue weighted by Crippen LogP contribution is 2.42. The van der Waals surface area contributed by atoms with Gasteiger partial charge in [-0.25, -0.2) is 8.42 Å². The van der Waals surface area contributed by atoms with E-state index in [-0.39, 0.29) is 29.4 Å². The minimum atomic E-state index is -4.08. The van der Waals surface area contributed by atoms with Gasteiger partial charge in [-0.15, -0.1) is 0 Å². The Morgan fingerprint density at radius 1 is 1.27 bits per heavy atom. The predicted molar refractivity (Wildman–Crippen MR) is 115 cm³/mol. The monoisotopic (exact) mass is 440 g/mol. The van der Waals surface area contributed by atoms with Crippen LogP contribution in [0.4, 0.5) is 0 Å². The van der Waals surface area contributed by atoms with Crippen LogP contribution in [0.5, 0.6) is 5.75 Å². The second kappa shape index (κ2) is 8.81. The summed E-state index contributed by atoms with van der Waals surface area (Å²) in [4.78, 5) is 11.8. The van der Waals surface area contributed by atoms with Gasteiger partial charge in [0.2, 0.25) is 10.0 Å². The van der Waals surface area contributed by atoms with Gasteiger partial charge in [0, 0.05) is 6.54 Å². The maximum absolute atomic E-state index is 13.2. The number of hydrogen-bond donors (Lipinski definition) is 5. The lowest BCUT2D eigenvalue weighted by Crippen LogP contribution is -2.42. The van der Waals surface area contributed by atoms with Crippen molar-refractivity contribution in [3.63, 3.8) is 0 Å². The van der Waals surface area contributed by atoms with Crippen LogP contribution in [0.2, 0.25) is 0 Å². The largest absolute Gasteiger partial charge is 0.487 e. The van der Waals surface area contributed by atoms with Crippen LogP contribution in [0.15, 0.2) is 4.90 Å². The van der Waals surface area contributed by atoms with E-state index in [1.807, 2.05) is 20.8 Å². The Hall–Kier alpha value is -2.33. The zero-order chi connectivity index (χ0) is 22.9. The van der Waals surface area contributed by atoms with Crippen LogP contribution in [-0.4, -0.2) is 43.6 Å². The van der Waals surface area contributed by atoms with Gasteiger partial charge in [-0.2, -0.15) is 4.72 Å². The standard InChI is InChI=1S/C20H32N4O5S/c1-11-12(2)17(13(3)14-8-9-20(4,5)29-16(11)14)30(27,28)24-15(18(25)26)7-6-10-23-19(21)22/h15,24H,6-10H2,1-5H3,(H,25,26)(H4,21,22,23). The number of aliphatic carboxylic acids is 1. The number of nitrogens with two attached hydrogens (primary N) is 1. The Labute approximate surface area is 177 Å². The lowest BCUT2D eigenvalue weighted by Gasteiger charge is -2.35. The van der Waals surface area contributed by atoms with Gasteiger partial charge in [-0.05, 0) is 82.6 Å². The Morgan fingerprint density at radius 2 is 1.90 bits per heavy atom. The van der Waals surface area contributed by atoms with E-state index in [0.29, 0.717) is 24.0 Å². The van der Waals surface area contributed by atoms with Crippen molar-refractivity contribution in [1.29, 1.82) is 5.41 Å². The predicted octanol–water partition coefficient (Wildman–Crippen LogP) is 1.71. The van der Waals surface area contributed by atoms with Crippen molar-refractivity contribution in [3.05, 3.63) is 22.3 Å². The molecule has 0 aliphatic carbocycles. The number of rotatable bonds is 8. The van der Waals surface area contributed by atoms with Crippen LogP contribution >= 0.6 is 0 Å². The molecule has 0 aromatic heterocycles. The molecule has 1 atom stereocenters. The van der Waals surface area contributed by atoms with Crippen molar-refractivity contribution in [2.75, 3.05) is 6.54 Å². The van der Waals surface area contributed by atoms with Gasteiger partial charge in [0.1, 0.15) is 17.4 Å². The number of nitrogens with one attached hydrogen (secondary N) is 3. The topological polar surface area (TPSA) is 155 Å². The molecule has 9 nitrogen and oxygen atoms in total. The van der Waals surface area contributed by atoms with Crippen molar-refractivity contribution in [3.8, 4) is 5.75 Å². The summed E-state index contributed by atoms with van der Waals surface area (Å²) in [5, 5.41) is 19.2. The van der Waals surface area contributed by atoms with Crippen molar-refractivity contribution in [1.82, 2.24) is 10.0 Å². The Balaban J connectivity index is 2.36. The van der Waals surface area contributed by atoms with E-state index in [0.717, 1.165) is 23.3 Å². The van der Waals surface area contributed by atoms with Gasteiger partial charge in [0.25, 0.3) is 0 Å². The third kappa shape index (κ3) is 5.23. The van der Waals surface area contributed by atoms with Gasteiger partial charge >= 0.3 is 5.97 Å². The number of ether oxygens (including phenoxy) is 1. The summed E-state index contributed by atoms with van der Waals surface area (Å²) < 4.78 is 34.9. The molecule has 1 aromatic rings. The summed E-state index contributed by atoms with van der Waals surface area (Å²) in [6.07, 6.45) is 1.85. The van der Waals surface area contributed by atoms with Crippen LogP contribution in [0.25, 0.3) is 0 Å². The molecule has 1 aromatic carbocycles. The Bertz CT molecular complexity index is 957. The lowest BCUT2D eigenvalue weighted by atomic mass is 9.88. The number of carbonyl (C=O) groups is 1. The molecule has 0 spiro atoms. The lowest BCUT2D eigenvalue weighted by molar-refractivity contribution is -0.139. The molecule has 1 aliphatic rings. The molecule has 0 amide bonds. The number of guanidine groups is 1. The number of sulfonamides is 1. The fourth-order valence-corrected chi connectivity index (χ4v) is 5.55. The zero-order valence-electron chi connectivity index (χ0n) is 18.2. The minimum Gasteiger partial charge on any atom is -0.487 e. The molecule has 0 radical (unpaired) electrons. The molecule has 0 fully saturated rings. The molecule has 0 saturated carbocycles. The molecule has 0 saturated heterocycles. The molecule has 1 unspecified atom stereocenters. The summed E-state index contributed by atoms with van der Waals surface area (Å²) in [5.41, 5.74) is 7.64. The van der Waals surface area contributed by atoms with Gasteiger partial charge in [0.15, 0.2) is 5.96 Å². The van der Waals surface area contributed by atoms with Crippen LogP contribution < -0.4 is 20.5 Å². The van der Waals surface area contributed by atoms with Crippen molar-refractivity contribution < 1.29 is 23.1 Å². The highest BCUT2D eigenvalue weighted by atomic mass is 32.2. The molecule has 6 N–H and O–H groups in total. The number of carboxylic acids is 1. The summed E-state index contributed by atoms with van der Waals surface area (Å²) in [6, 6.07) is -1.28. The number of benzene rings is 1. The maximum atomic E-state index is 13.2. The van der Waals surface area contributed by atoms with Crippen LogP contribution in [0, 0.1) is 26.2 Å². The summed E-state index contributed by atoms with van der Waals surface area (Å²) in [7, 11) is -4.08. The fourth-order valence-electron chi connectivity index (χ4n) is 3.76. The quantitative estimate of drug-likeness (QED) is 0.234. The summed E-state index contributed by atoms with van der Waals surface area (Å²) >= 11 is 0. The molecule has 1 aliphatic heterocycles. The van der Waals surface area contributed by atoms with Crippen molar-refractivity contribution in [2.45, 2.75) is 76.8 Å². The highest BCUT2D eigenvalue weighted by molar-refractivity contribution is 7.89. The molecule has 10 heteroatoms. The molecule has 2 rings (SSSR count). The van der Waals surface area contributed by atoms with E-state index in [1.54, 1.807) is 13.8 Å². The summed E-state index contributed by atoms with van der Waals surface area (Å²) in [5.74, 6) is -0.745. The smallest absolute Gasteiger partial charge is 0.321 e. The normalized spacial score (nSPS) is 16.3. The fraction of sp³-hybridized carbons (Fsp3) is 0.600. The second-order valence-corrected chi connectivity index (χ2v) is 10.0. The van der Waals surface area contributed by atoms with E-state index in [1.165, 1.54) is 0 Å². The molecule has 0 bridgehead atoms. The van der Waals surface area contributed by atoms with Gasteiger partial charge < -0.3 is 20.9 Å². The molecule has 168 valence electrons.